The van der Waals surface area contributed by atoms with E-state index < -0.39 is 17.4 Å². The van der Waals surface area contributed by atoms with Gasteiger partial charge >= 0.3 is 5.97 Å². The number of halogens is 2. The molecule has 1 aliphatic rings. The Balaban J connectivity index is 0.000000553. The van der Waals surface area contributed by atoms with Gasteiger partial charge < -0.3 is 19.5 Å². The number of carbonyl (C=O) groups is 2. The van der Waals surface area contributed by atoms with Crippen LogP contribution in [0.15, 0.2) is 12.1 Å². The molecule has 1 heterocycles. The van der Waals surface area contributed by atoms with Gasteiger partial charge in [0, 0.05) is 18.5 Å². The van der Waals surface area contributed by atoms with Gasteiger partial charge in [-0.1, -0.05) is 11.6 Å². The molecule has 1 aliphatic heterocycles. The first-order valence-electron chi connectivity index (χ1n) is 10.00. The van der Waals surface area contributed by atoms with Crippen LogP contribution in [0.25, 0.3) is 0 Å². The van der Waals surface area contributed by atoms with Gasteiger partial charge in [0.05, 0.1) is 17.2 Å². The number of benzene rings is 1. The summed E-state index contributed by atoms with van der Waals surface area (Å²) in [6.07, 6.45) is 2.18. The first-order chi connectivity index (χ1) is 13.8. The molecule has 0 aliphatic carbocycles. The van der Waals surface area contributed by atoms with E-state index in [1.807, 2.05) is 20.8 Å². The summed E-state index contributed by atoms with van der Waals surface area (Å²) in [5, 5.41) is 3.50. The molecule has 1 fully saturated rings. The lowest BCUT2D eigenvalue weighted by Crippen LogP contribution is -2.33. The fourth-order valence-electron chi connectivity index (χ4n) is 2.55. The molecule has 1 aromatic rings. The van der Waals surface area contributed by atoms with E-state index in [0.29, 0.717) is 19.0 Å². The van der Waals surface area contributed by atoms with E-state index in [1.54, 1.807) is 20.8 Å². The van der Waals surface area contributed by atoms with Crippen LogP contribution in [0.5, 0.6) is 5.75 Å². The minimum atomic E-state index is -0.736. The molecule has 0 radical (unpaired) electrons. The maximum atomic E-state index is 14.2. The quantitative estimate of drug-likeness (QED) is 0.519. The lowest BCUT2D eigenvalue weighted by molar-refractivity contribution is -0.138. The van der Waals surface area contributed by atoms with Crippen molar-refractivity contribution in [2.24, 2.45) is 5.92 Å². The molecule has 1 saturated heterocycles. The summed E-state index contributed by atoms with van der Waals surface area (Å²) < 4.78 is 29.5. The van der Waals surface area contributed by atoms with Crippen molar-refractivity contribution in [2.45, 2.75) is 65.6 Å². The smallest absolute Gasteiger partial charge is 0.341 e. The first-order valence-corrected chi connectivity index (χ1v) is 10.4. The third-order valence-corrected chi connectivity index (χ3v) is 4.21. The zero-order valence-corrected chi connectivity index (χ0v) is 19.4. The zero-order chi connectivity index (χ0) is 22.9. The minimum Gasteiger partial charge on any atom is -0.492 e. The number of hydrogen-bond acceptors (Lipinski definition) is 6. The average Bonchev–Trinajstić information content (AvgIpc) is 2.61. The normalized spacial score (nSPS) is 16.7. The Bertz CT molecular complexity index is 707. The maximum Gasteiger partial charge on any atom is 0.341 e. The number of esters is 1. The Labute approximate surface area is 183 Å². The molecule has 30 heavy (non-hydrogen) atoms. The molecule has 1 atom stereocenters. The average molecular weight is 446 g/mol. The van der Waals surface area contributed by atoms with Gasteiger partial charge in [-0.3, -0.25) is 4.79 Å². The van der Waals surface area contributed by atoms with Crippen LogP contribution < -0.4 is 10.1 Å². The summed E-state index contributed by atoms with van der Waals surface area (Å²) in [5.41, 5.74) is -1.20. The SMILES string of the molecule is CC(C)(C)OC(=O)c1cc(Cl)c(OCC2CCCNC2)cc1F.CC(C)(C)OC=O. The van der Waals surface area contributed by atoms with Crippen LogP contribution in [-0.2, 0) is 14.3 Å². The molecule has 1 aromatic carbocycles. The van der Waals surface area contributed by atoms with Gasteiger partial charge in [-0.15, -0.1) is 0 Å². The monoisotopic (exact) mass is 445 g/mol. The van der Waals surface area contributed by atoms with E-state index >= 15 is 0 Å². The van der Waals surface area contributed by atoms with Gasteiger partial charge in [-0.2, -0.15) is 0 Å². The maximum absolute atomic E-state index is 14.2. The third kappa shape index (κ3) is 10.3. The van der Waals surface area contributed by atoms with Crippen molar-refractivity contribution >= 4 is 24.0 Å². The van der Waals surface area contributed by atoms with Crippen LogP contribution in [0.2, 0.25) is 5.02 Å². The Kier molecular flexibility index (Phi) is 10.0. The van der Waals surface area contributed by atoms with E-state index in [2.05, 4.69) is 10.1 Å². The predicted octanol–water partition coefficient (Wildman–Crippen LogP) is 4.77. The Morgan fingerprint density at radius 2 is 1.90 bits per heavy atom. The Morgan fingerprint density at radius 3 is 2.37 bits per heavy atom. The van der Waals surface area contributed by atoms with Crippen molar-refractivity contribution in [1.82, 2.24) is 5.32 Å². The number of hydrogen-bond donors (Lipinski definition) is 1. The molecule has 1 N–H and O–H groups in total. The standard InChI is InChI=1S/C17H23ClFNO3.C5H10O2/c1-17(2,3)23-16(21)12-7-13(18)15(8-14(12)19)22-10-11-5-4-6-20-9-11;1-5(2,3)7-4-6/h7-8,11,20H,4-6,9-10H2,1-3H3;4H,1-3H3. The topological polar surface area (TPSA) is 73.9 Å². The Hall–Kier alpha value is -1.86. The molecular formula is C22H33ClFNO5. The van der Waals surface area contributed by atoms with E-state index in [4.69, 9.17) is 21.1 Å². The summed E-state index contributed by atoms with van der Waals surface area (Å²) >= 11 is 6.12. The van der Waals surface area contributed by atoms with Crippen LogP contribution in [0.3, 0.4) is 0 Å². The summed E-state index contributed by atoms with van der Waals surface area (Å²) in [6.45, 7) is 13.5. The van der Waals surface area contributed by atoms with E-state index in [-0.39, 0.29) is 21.9 Å². The molecule has 170 valence electrons. The van der Waals surface area contributed by atoms with Gasteiger partial charge in [0.1, 0.15) is 22.8 Å². The second-order valence-corrected chi connectivity index (χ2v) is 9.52. The highest BCUT2D eigenvalue weighted by molar-refractivity contribution is 6.32. The highest BCUT2D eigenvalue weighted by Crippen LogP contribution is 2.29. The number of piperidine rings is 1. The van der Waals surface area contributed by atoms with Crippen molar-refractivity contribution in [3.8, 4) is 5.75 Å². The molecule has 0 amide bonds. The molecule has 0 spiro atoms. The molecule has 1 unspecified atom stereocenters. The van der Waals surface area contributed by atoms with Crippen molar-refractivity contribution in [1.29, 1.82) is 0 Å². The van der Waals surface area contributed by atoms with Crippen LogP contribution in [0.4, 0.5) is 4.39 Å². The lowest BCUT2D eigenvalue weighted by Gasteiger charge is -2.23. The molecule has 0 bridgehead atoms. The van der Waals surface area contributed by atoms with E-state index in [0.717, 1.165) is 32.0 Å². The molecule has 6 nitrogen and oxygen atoms in total. The largest absolute Gasteiger partial charge is 0.492 e. The molecule has 8 heteroatoms. The Morgan fingerprint density at radius 1 is 1.23 bits per heavy atom. The zero-order valence-electron chi connectivity index (χ0n) is 18.6. The summed E-state index contributed by atoms with van der Waals surface area (Å²) in [6, 6.07) is 2.41. The van der Waals surface area contributed by atoms with Gasteiger partial charge in [0.2, 0.25) is 0 Å². The van der Waals surface area contributed by atoms with E-state index in [1.165, 1.54) is 6.07 Å². The van der Waals surface area contributed by atoms with Crippen LogP contribution in [-0.4, -0.2) is 43.3 Å². The minimum absolute atomic E-state index is 0.184. The van der Waals surface area contributed by atoms with Gasteiger partial charge in [0.15, 0.2) is 0 Å². The van der Waals surface area contributed by atoms with Crippen LogP contribution >= 0.6 is 11.6 Å². The van der Waals surface area contributed by atoms with E-state index in [9.17, 15) is 14.0 Å². The third-order valence-electron chi connectivity index (χ3n) is 3.92. The van der Waals surface area contributed by atoms with Gasteiger partial charge in [0.25, 0.3) is 6.47 Å². The number of carbonyl (C=O) groups excluding carboxylic acids is 2. The van der Waals surface area contributed by atoms with Crippen molar-refractivity contribution in [2.75, 3.05) is 19.7 Å². The molecule has 0 aromatic heterocycles. The number of ether oxygens (including phenoxy) is 3. The highest BCUT2D eigenvalue weighted by atomic mass is 35.5. The fourth-order valence-corrected chi connectivity index (χ4v) is 2.77. The highest BCUT2D eigenvalue weighted by Gasteiger charge is 2.23. The second kappa shape index (κ2) is 11.5. The molecule has 0 saturated carbocycles. The van der Waals surface area contributed by atoms with Crippen LogP contribution in [0, 0.1) is 11.7 Å². The fraction of sp³-hybridized carbons (Fsp3) is 0.636. The number of nitrogens with one attached hydrogen (secondary N) is 1. The van der Waals surface area contributed by atoms with Crippen LogP contribution in [0.1, 0.15) is 64.7 Å². The van der Waals surface area contributed by atoms with Crippen molar-refractivity contribution in [3.63, 3.8) is 0 Å². The van der Waals surface area contributed by atoms with Crippen molar-refractivity contribution in [3.05, 3.63) is 28.5 Å². The molecular weight excluding hydrogens is 413 g/mol. The summed E-state index contributed by atoms with van der Waals surface area (Å²) in [4.78, 5) is 21.6. The van der Waals surface area contributed by atoms with Gasteiger partial charge in [-0.05, 0) is 67.0 Å². The first kappa shape index (κ1) is 26.2. The number of rotatable bonds is 5. The summed E-state index contributed by atoms with van der Waals surface area (Å²) in [7, 11) is 0. The lowest BCUT2D eigenvalue weighted by atomic mass is 10.0. The summed E-state index contributed by atoms with van der Waals surface area (Å²) in [5.74, 6) is -0.796. The van der Waals surface area contributed by atoms with Gasteiger partial charge in [-0.25, -0.2) is 9.18 Å². The molecule has 2 rings (SSSR count). The second-order valence-electron chi connectivity index (χ2n) is 9.11. The van der Waals surface area contributed by atoms with Crippen molar-refractivity contribution < 1.29 is 28.2 Å². The predicted molar refractivity (Wildman–Crippen MR) is 115 cm³/mol.